The van der Waals surface area contributed by atoms with Gasteiger partial charge in [-0.1, -0.05) is 5.21 Å². The highest BCUT2D eigenvalue weighted by Gasteiger charge is 2.44. The van der Waals surface area contributed by atoms with E-state index >= 15 is 0 Å². The minimum Gasteiger partial charge on any atom is -0.390 e. The van der Waals surface area contributed by atoms with E-state index in [1.807, 2.05) is 10.9 Å². The molecular formula is C16H25N5O2. The van der Waals surface area contributed by atoms with Crippen LogP contribution in [0.4, 0.5) is 0 Å². The Morgan fingerprint density at radius 3 is 2.78 bits per heavy atom. The number of rotatable bonds is 4. The number of aliphatic hydroxyl groups is 1. The van der Waals surface area contributed by atoms with Crippen molar-refractivity contribution >= 4 is 5.91 Å². The van der Waals surface area contributed by atoms with Crippen LogP contribution in [-0.4, -0.2) is 68.0 Å². The Morgan fingerprint density at radius 1 is 1.30 bits per heavy atom. The fourth-order valence-corrected chi connectivity index (χ4v) is 4.50. The molecule has 1 aromatic rings. The van der Waals surface area contributed by atoms with Crippen LogP contribution < -0.4 is 0 Å². The molecule has 0 radical (unpaired) electrons. The molecule has 7 heteroatoms. The second kappa shape index (κ2) is 6.20. The van der Waals surface area contributed by atoms with Gasteiger partial charge in [0.1, 0.15) is 5.69 Å². The number of hydrogen-bond donors (Lipinski definition) is 1. The Labute approximate surface area is 136 Å². The molecule has 4 fully saturated rings. The zero-order chi connectivity index (χ0) is 15.8. The van der Waals surface area contributed by atoms with E-state index in [1.54, 1.807) is 0 Å². The molecule has 5 heterocycles. The van der Waals surface area contributed by atoms with E-state index in [2.05, 4.69) is 20.1 Å². The van der Waals surface area contributed by atoms with E-state index in [0.717, 1.165) is 58.4 Å². The number of nitrogens with zero attached hydrogens (tertiary/aromatic N) is 5. The molecule has 1 aromatic heterocycles. The fraction of sp³-hybridized carbons (Fsp3) is 0.812. The molecule has 4 saturated heterocycles. The fourth-order valence-electron chi connectivity index (χ4n) is 4.50. The average molecular weight is 319 g/mol. The number of hydrogen-bond acceptors (Lipinski definition) is 5. The number of piperidine rings is 3. The SMILES string of the molecule is O=C(C1CN2CCC1CC2Cn1cc(CO)nn1)N1CCCC1. The molecule has 4 atom stereocenters. The number of amides is 1. The summed E-state index contributed by atoms with van der Waals surface area (Å²) < 4.78 is 1.83. The van der Waals surface area contributed by atoms with Crippen molar-refractivity contribution in [2.45, 2.75) is 44.9 Å². The summed E-state index contributed by atoms with van der Waals surface area (Å²) in [6.45, 7) is 4.62. The number of carbonyl (C=O) groups is 1. The highest BCUT2D eigenvalue weighted by molar-refractivity contribution is 5.80. The third-order valence-corrected chi connectivity index (χ3v) is 5.76. The van der Waals surface area contributed by atoms with Gasteiger partial charge in [0.25, 0.3) is 0 Å². The predicted molar refractivity (Wildman–Crippen MR) is 83.3 cm³/mol. The third kappa shape index (κ3) is 2.87. The van der Waals surface area contributed by atoms with Crippen LogP contribution in [0.15, 0.2) is 6.20 Å². The molecule has 4 aliphatic rings. The molecule has 4 aliphatic heterocycles. The molecule has 5 rings (SSSR count). The van der Waals surface area contributed by atoms with Crippen LogP contribution >= 0.6 is 0 Å². The molecule has 2 bridgehead atoms. The second-order valence-corrected chi connectivity index (χ2v) is 7.16. The van der Waals surface area contributed by atoms with Crippen molar-refractivity contribution in [1.29, 1.82) is 0 Å². The molecule has 1 N–H and O–H groups in total. The summed E-state index contributed by atoms with van der Waals surface area (Å²) in [6.07, 6.45) is 6.35. The van der Waals surface area contributed by atoms with Gasteiger partial charge in [0.2, 0.25) is 5.91 Å². The summed E-state index contributed by atoms with van der Waals surface area (Å²) in [5, 5.41) is 17.1. The molecule has 0 aromatic carbocycles. The smallest absolute Gasteiger partial charge is 0.227 e. The zero-order valence-corrected chi connectivity index (χ0v) is 13.5. The van der Waals surface area contributed by atoms with Gasteiger partial charge in [-0.25, -0.2) is 0 Å². The Bertz CT molecular complexity index is 569. The number of likely N-dealkylation sites (tertiary alicyclic amines) is 1. The van der Waals surface area contributed by atoms with E-state index < -0.39 is 0 Å². The van der Waals surface area contributed by atoms with E-state index in [0.29, 0.717) is 23.6 Å². The summed E-state index contributed by atoms with van der Waals surface area (Å²) in [5.41, 5.74) is 0.614. The lowest BCUT2D eigenvalue weighted by molar-refractivity contribution is -0.142. The van der Waals surface area contributed by atoms with Crippen LogP contribution in [0.2, 0.25) is 0 Å². The standard InChI is InChI=1S/C16H25N5O2/c22-11-13-8-21(18-17-13)9-14-7-12-3-6-20(14)10-15(12)16(23)19-4-1-2-5-19/h8,12,14-15,22H,1-7,9-11H2. The predicted octanol–water partition coefficient (Wildman–Crippen LogP) is 0.103. The van der Waals surface area contributed by atoms with Crippen molar-refractivity contribution in [2.75, 3.05) is 26.2 Å². The summed E-state index contributed by atoms with van der Waals surface area (Å²) >= 11 is 0. The maximum absolute atomic E-state index is 12.7. The Morgan fingerprint density at radius 2 is 2.13 bits per heavy atom. The van der Waals surface area contributed by atoms with Crippen molar-refractivity contribution < 1.29 is 9.90 Å². The molecule has 126 valence electrons. The summed E-state index contributed by atoms with van der Waals surface area (Å²) in [6, 6.07) is 0.435. The first-order valence-corrected chi connectivity index (χ1v) is 8.77. The van der Waals surface area contributed by atoms with Crippen LogP contribution in [0.25, 0.3) is 0 Å². The largest absolute Gasteiger partial charge is 0.390 e. The minimum absolute atomic E-state index is 0.0661. The first-order valence-electron chi connectivity index (χ1n) is 8.77. The van der Waals surface area contributed by atoms with Gasteiger partial charge in [-0.2, -0.15) is 0 Å². The maximum atomic E-state index is 12.7. The average Bonchev–Trinajstić information content (AvgIpc) is 3.26. The molecule has 4 unspecified atom stereocenters. The number of carbonyl (C=O) groups excluding carboxylic acids is 1. The van der Waals surface area contributed by atoms with Crippen LogP contribution in [0, 0.1) is 11.8 Å². The van der Waals surface area contributed by atoms with Gasteiger partial charge < -0.3 is 10.0 Å². The van der Waals surface area contributed by atoms with Crippen LogP contribution in [0.3, 0.4) is 0 Å². The number of aromatic nitrogens is 3. The second-order valence-electron chi connectivity index (χ2n) is 7.16. The van der Waals surface area contributed by atoms with Gasteiger partial charge in [0, 0.05) is 25.7 Å². The van der Waals surface area contributed by atoms with Gasteiger partial charge in [-0.15, -0.1) is 5.10 Å². The first-order chi connectivity index (χ1) is 11.2. The van der Waals surface area contributed by atoms with Gasteiger partial charge in [-0.05, 0) is 38.1 Å². The third-order valence-electron chi connectivity index (χ3n) is 5.76. The van der Waals surface area contributed by atoms with E-state index in [-0.39, 0.29) is 12.5 Å². The molecule has 0 saturated carbocycles. The Kier molecular flexibility index (Phi) is 4.07. The summed E-state index contributed by atoms with van der Waals surface area (Å²) in [7, 11) is 0. The number of aliphatic hydroxyl groups excluding tert-OH is 1. The van der Waals surface area contributed by atoms with Gasteiger partial charge in [0.05, 0.1) is 25.3 Å². The van der Waals surface area contributed by atoms with Gasteiger partial charge >= 0.3 is 0 Å². The van der Waals surface area contributed by atoms with Crippen LogP contribution in [0.1, 0.15) is 31.4 Å². The van der Waals surface area contributed by atoms with Crippen molar-refractivity contribution in [2.24, 2.45) is 11.8 Å². The first kappa shape index (κ1) is 15.1. The van der Waals surface area contributed by atoms with Gasteiger partial charge in [-0.3, -0.25) is 14.4 Å². The van der Waals surface area contributed by atoms with Crippen molar-refractivity contribution in [1.82, 2.24) is 24.8 Å². The lowest BCUT2D eigenvalue weighted by Crippen LogP contribution is -2.58. The quantitative estimate of drug-likeness (QED) is 0.852. The Balaban J connectivity index is 1.40. The number of fused-ring (bicyclic) bond motifs is 3. The van der Waals surface area contributed by atoms with E-state index in [9.17, 15) is 4.79 Å². The zero-order valence-electron chi connectivity index (χ0n) is 13.5. The van der Waals surface area contributed by atoms with Crippen molar-refractivity contribution in [3.05, 3.63) is 11.9 Å². The van der Waals surface area contributed by atoms with Crippen LogP contribution in [0.5, 0.6) is 0 Å². The molecular weight excluding hydrogens is 294 g/mol. The molecule has 23 heavy (non-hydrogen) atoms. The van der Waals surface area contributed by atoms with Crippen molar-refractivity contribution in [3.63, 3.8) is 0 Å². The lowest BCUT2D eigenvalue weighted by Gasteiger charge is -2.49. The van der Waals surface area contributed by atoms with Gasteiger partial charge in [0.15, 0.2) is 0 Å². The van der Waals surface area contributed by atoms with Crippen LogP contribution in [-0.2, 0) is 17.9 Å². The Hall–Kier alpha value is -1.47. The summed E-state index contributed by atoms with van der Waals surface area (Å²) in [5.74, 6) is 1.10. The molecule has 7 nitrogen and oxygen atoms in total. The highest BCUT2D eigenvalue weighted by atomic mass is 16.3. The highest BCUT2D eigenvalue weighted by Crippen LogP contribution is 2.38. The topological polar surface area (TPSA) is 74.5 Å². The van der Waals surface area contributed by atoms with E-state index in [4.69, 9.17) is 5.11 Å². The minimum atomic E-state index is -0.0661. The maximum Gasteiger partial charge on any atom is 0.227 e. The van der Waals surface area contributed by atoms with E-state index in [1.165, 1.54) is 0 Å². The van der Waals surface area contributed by atoms with Crippen molar-refractivity contribution in [3.8, 4) is 0 Å². The summed E-state index contributed by atoms with van der Waals surface area (Å²) in [4.78, 5) is 17.3. The molecule has 0 spiro atoms. The normalized spacial score (nSPS) is 33.3. The molecule has 1 amide bonds. The molecule has 0 aliphatic carbocycles. The monoisotopic (exact) mass is 319 g/mol. The lowest BCUT2D eigenvalue weighted by atomic mass is 9.75.